The van der Waals surface area contributed by atoms with Crippen molar-refractivity contribution < 1.29 is 9.47 Å². The normalized spacial score (nSPS) is 11.1. The molecule has 0 radical (unpaired) electrons. The van der Waals surface area contributed by atoms with Crippen molar-refractivity contribution in [2.75, 3.05) is 13.7 Å². The molecule has 1 aromatic heterocycles. The van der Waals surface area contributed by atoms with Crippen molar-refractivity contribution in [1.82, 2.24) is 15.3 Å². The van der Waals surface area contributed by atoms with Crippen molar-refractivity contribution in [3.8, 4) is 11.5 Å². The largest absolute Gasteiger partial charge is 0.493 e. The fraction of sp³-hybridized carbons (Fsp3) is 0.208. The Morgan fingerprint density at radius 3 is 2.68 bits per heavy atom. The third kappa shape index (κ3) is 5.50. The summed E-state index contributed by atoms with van der Waals surface area (Å²) in [7, 11) is 1.61. The Balaban J connectivity index is 1.34. The van der Waals surface area contributed by atoms with Crippen LogP contribution in [-0.4, -0.2) is 23.6 Å². The molecule has 0 amide bonds. The number of hydrogen-bond donors (Lipinski definition) is 2. The highest BCUT2D eigenvalue weighted by molar-refractivity contribution is 6.32. The van der Waals surface area contributed by atoms with Gasteiger partial charge in [0.05, 0.1) is 23.2 Å². The van der Waals surface area contributed by atoms with Crippen molar-refractivity contribution in [1.29, 1.82) is 0 Å². The molecule has 0 aliphatic heterocycles. The number of aromatic nitrogens is 2. The molecule has 160 valence electrons. The van der Waals surface area contributed by atoms with Gasteiger partial charge in [0.2, 0.25) is 0 Å². The van der Waals surface area contributed by atoms with Gasteiger partial charge in [-0.15, -0.1) is 0 Å². The van der Waals surface area contributed by atoms with Crippen molar-refractivity contribution in [3.63, 3.8) is 0 Å². The maximum absolute atomic E-state index is 6.49. The van der Waals surface area contributed by atoms with Gasteiger partial charge in [0.25, 0.3) is 0 Å². The number of rotatable bonds is 9. The van der Waals surface area contributed by atoms with Crippen LogP contribution in [0.3, 0.4) is 0 Å². The zero-order chi connectivity index (χ0) is 21.6. The Kier molecular flexibility index (Phi) is 6.97. The molecule has 1 heterocycles. The van der Waals surface area contributed by atoms with Crippen LogP contribution in [0.5, 0.6) is 11.5 Å². The van der Waals surface area contributed by atoms with E-state index in [1.165, 1.54) is 0 Å². The molecule has 0 bridgehead atoms. The lowest BCUT2D eigenvalue weighted by molar-refractivity contribution is 0.284. The van der Waals surface area contributed by atoms with Gasteiger partial charge in [-0.2, -0.15) is 0 Å². The molecule has 0 spiro atoms. The summed E-state index contributed by atoms with van der Waals surface area (Å²) in [6.07, 6.45) is 0.806. The number of methoxy groups -OCH3 is 1. The minimum absolute atomic E-state index is 0.353. The fourth-order valence-corrected chi connectivity index (χ4v) is 3.86. The number of ether oxygens (including phenoxy) is 2. The Morgan fingerprint density at radius 1 is 1.00 bits per heavy atom. The number of nitrogens with zero attached hydrogens (tertiary/aromatic N) is 1. The first kappa shape index (κ1) is 21.5. The quantitative estimate of drug-likeness (QED) is 0.313. The molecular formula is C24H23Cl2N3O2. The summed E-state index contributed by atoms with van der Waals surface area (Å²) < 4.78 is 11.4. The lowest BCUT2D eigenvalue weighted by atomic mass is 10.2. The van der Waals surface area contributed by atoms with Crippen molar-refractivity contribution >= 4 is 34.2 Å². The highest BCUT2D eigenvalue weighted by Gasteiger charge is 2.13. The molecule has 7 heteroatoms. The van der Waals surface area contributed by atoms with Crippen molar-refractivity contribution in [2.24, 2.45) is 0 Å². The lowest BCUT2D eigenvalue weighted by Gasteiger charge is -2.15. The number of halogens is 2. The smallest absolute Gasteiger partial charge is 0.180 e. The van der Waals surface area contributed by atoms with Crippen LogP contribution < -0.4 is 14.8 Å². The second-order valence-electron chi connectivity index (χ2n) is 7.16. The van der Waals surface area contributed by atoms with Crippen LogP contribution in [0.2, 0.25) is 10.0 Å². The first-order chi connectivity index (χ1) is 15.1. The summed E-state index contributed by atoms with van der Waals surface area (Å²) in [5, 5.41) is 4.61. The zero-order valence-corrected chi connectivity index (χ0v) is 18.6. The number of H-pyrrole nitrogens is 1. The summed E-state index contributed by atoms with van der Waals surface area (Å²) in [6.45, 7) is 1.80. The summed E-state index contributed by atoms with van der Waals surface area (Å²) in [5.74, 6) is 2.09. The van der Waals surface area contributed by atoms with E-state index in [0.717, 1.165) is 41.0 Å². The summed E-state index contributed by atoms with van der Waals surface area (Å²) in [4.78, 5) is 7.94. The number of fused-ring (bicyclic) bond motifs is 1. The van der Waals surface area contributed by atoms with E-state index in [-0.39, 0.29) is 0 Å². The van der Waals surface area contributed by atoms with E-state index in [9.17, 15) is 0 Å². The van der Waals surface area contributed by atoms with E-state index in [1.807, 2.05) is 60.7 Å². The van der Waals surface area contributed by atoms with Gasteiger partial charge in [-0.05, 0) is 47.5 Å². The Morgan fingerprint density at radius 2 is 1.87 bits per heavy atom. The molecule has 4 aromatic rings. The number of para-hydroxylation sites is 2. The summed E-state index contributed by atoms with van der Waals surface area (Å²) in [6, 6.07) is 19.4. The summed E-state index contributed by atoms with van der Waals surface area (Å²) in [5.41, 5.74) is 4.02. The second-order valence-corrected chi connectivity index (χ2v) is 8.00. The zero-order valence-electron chi connectivity index (χ0n) is 17.1. The topological polar surface area (TPSA) is 59.2 Å². The Hall–Kier alpha value is -2.73. The van der Waals surface area contributed by atoms with Gasteiger partial charge in [-0.25, -0.2) is 4.98 Å². The lowest BCUT2D eigenvalue weighted by Crippen LogP contribution is -2.17. The maximum Gasteiger partial charge on any atom is 0.180 e. The standard InChI is InChI=1S/C24H23Cl2N3O2/c1-30-22-13-17(12-19(26)24(22)31-15-16-5-4-6-18(25)11-16)14-27-10-9-23-28-20-7-2-3-8-21(20)29-23/h2-8,11-13,27H,9-10,14-15H2,1H3,(H,28,29). The van der Waals surface area contributed by atoms with Gasteiger partial charge in [0.15, 0.2) is 11.5 Å². The number of aromatic amines is 1. The highest BCUT2D eigenvalue weighted by atomic mass is 35.5. The van der Waals surface area contributed by atoms with Crippen LogP contribution in [0.25, 0.3) is 11.0 Å². The number of hydrogen-bond acceptors (Lipinski definition) is 4. The van der Waals surface area contributed by atoms with Crippen molar-refractivity contribution in [3.05, 3.63) is 87.7 Å². The highest BCUT2D eigenvalue weighted by Crippen LogP contribution is 2.37. The van der Waals surface area contributed by atoms with Gasteiger partial charge in [-0.3, -0.25) is 0 Å². The van der Waals surface area contributed by atoms with Crippen LogP contribution in [0.15, 0.2) is 60.7 Å². The van der Waals surface area contributed by atoms with Gasteiger partial charge in [0, 0.05) is 24.5 Å². The number of nitrogens with one attached hydrogen (secondary N) is 2. The molecule has 4 rings (SSSR count). The van der Waals surface area contributed by atoms with Crippen LogP contribution in [0, 0.1) is 0 Å². The molecule has 0 saturated heterocycles. The SMILES string of the molecule is COc1cc(CNCCc2nc3ccccc3[nH]2)cc(Cl)c1OCc1cccc(Cl)c1. The fourth-order valence-electron chi connectivity index (χ4n) is 3.36. The predicted octanol–water partition coefficient (Wildman–Crippen LogP) is 5.79. The first-order valence-corrected chi connectivity index (χ1v) is 10.8. The molecular weight excluding hydrogens is 433 g/mol. The number of imidazole rings is 1. The van der Waals surface area contributed by atoms with E-state index < -0.39 is 0 Å². The average Bonchev–Trinajstić information content (AvgIpc) is 3.18. The minimum atomic E-state index is 0.353. The van der Waals surface area contributed by atoms with E-state index in [4.69, 9.17) is 32.7 Å². The molecule has 0 atom stereocenters. The average molecular weight is 456 g/mol. The van der Waals surface area contributed by atoms with Gasteiger partial charge < -0.3 is 19.8 Å². The molecule has 2 N–H and O–H groups in total. The summed E-state index contributed by atoms with van der Waals surface area (Å²) >= 11 is 12.5. The first-order valence-electron chi connectivity index (χ1n) is 10.0. The van der Waals surface area contributed by atoms with E-state index in [2.05, 4.69) is 15.3 Å². The molecule has 0 unspecified atom stereocenters. The molecule has 0 aliphatic carbocycles. The third-order valence-corrected chi connectivity index (χ3v) is 5.38. The van der Waals surface area contributed by atoms with Crippen LogP contribution in [-0.2, 0) is 19.6 Å². The van der Waals surface area contributed by atoms with Gasteiger partial charge >= 0.3 is 0 Å². The molecule has 0 fully saturated rings. The van der Waals surface area contributed by atoms with Crippen LogP contribution in [0.1, 0.15) is 17.0 Å². The minimum Gasteiger partial charge on any atom is -0.493 e. The van der Waals surface area contributed by atoms with Gasteiger partial charge in [-0.1, -0.05) is 47.5 Å². The molecule has 3 aromatic carbocycles. The van der Waals surface area contributed by atoms with Crippen LogP contribution >= 0.6 is 23.2 Å². The van der Waals surface area contributed by atoms with Crippen molar-refractivity contribution in [2.45, 2.75) is 19.6 Å². The Bertz CT molecular complexity index is 1140. The molecule has 31 heavy (non-hydrogen) atoms. The molecule has 0 aliphatic rings. The Labute approximate surface area is 191 Å². The van der Waals surface area contributed by atoms with E-state index in [1.54, 1.807) is 7.11 Å². The van der Waals surface area contributed by atoms with Gasteiger partial charge in [0.1, 0.15) is 12.4 Å². The van der Waals surface area contributed by atoms with E-state index >= 15 is 0 Å². The molecule has 0 saturated carbocycles. The monoisotopic (exact) mass is 455 g/mol. The predicted molar refractivity (Wildman–Crippen MR) is 125 cm³/mol. The van der Waals surface area contributed by atoms with Crippen LogP contribution in [0.4, 0.5) is 0 Å². The number of benzene rings is 3. The third-order valence-electron chi connectivity index (χ3n) is 4.87. The molecule has 5 nitrogen and oxygen atoms in total. The second kappa shape index (κ2) is 10.1. The maximum atomic E-state index is 6.49. The van der Waals surface area contributed by atoms with E-state index in [0.29, 0.717) is 34.7 Å².